The molecule has 2 amide bonds. The van der Waals surface area contributed by atoms with Crippen molar-refractivity contribution in [3.05, 3.63) is 29.8 Å². The average Bonchev–Trinajstić information content (AvgIpc) is 2.49. The summed E-state index contributed by atoms with van der Waals surface area (Å²) >= 11 is 0. The predicted molar refractivity (Wildman–Crippen MR) is 92.8 cm³/mol. The highest BCUT2D eigenvalue weighted by Gasteiger charge is 2.48. The summed E-state index contributed by atoms with van der Waals surface area (Å²) in [5.41, 5.74) is -6.21. The Bertz CT molecular complexity index is 814. The number of carbonyl (C=O) groups is 2. The van der Waals surface area contributed by atoms with Crippen molar-refractivity contribution in [1.29, 1.82) is 0 Å². The van der Waals surface area contributed by atoms with E-state index in [1.807, 2.05) is 0 Å². The molecule has 0 aromatic heterocycles. The molecule has 0 fully saturated rings. The number of halogens is 3. The summed E-state index contributed by atoms with van der Waals surface area (Å²) in [5, 5.41) is 2.37. The van der Waals surface area contributed by atoms with Crippen LogP contribution in [0.15, 0.2) is 24.3 Å². The molecule has 0 aliphatic carbocycles. The van der Waals surface area contributed by atoms with E-state index >= 15 is 0 Å². The number of alkyl carbamates (subject to hydrolysis) is 1. The van der Waals surface area contributed by atoms with E-state index in [0.29, 0.717) is 0 Å². The molecule has 8 nitrogen and oxygen atoms in total. The highest BCUT2D eigenvalue weighted by molar-refractivity contribution is 7.88. The summed E-state index contributed by atoms with van der Waals surface area (Å²) in [6.45, 7) is 4.88. The fourth-order valence-corrected chi connectivity index (χ4v) is 2.32. The quantitative estimate of drug-likeness (QED) is 0.574. The molecule has 12 heteroatoms. The molecule has 0 heterocycles. The second-order valence-electron chi connectivity index (χ2n) is 6.86. The summed E-state index contributed by atoms with van der Waals surface area (Å²) in [5.74, 6) is -1.14. The monoisotopic (exact) mass is 426 g/mol. The van der Waals surface area contributed by atoms with Crippen molar-refractivity contribution in [2.45, 2.75) is 37.9 Å². The number of benzene rings is 1. The van der Waals surface area contributed by atoms with E-state index in [4.69, 9.17) is 4.74 Å². The highest BCUT2D eigenvalue weighted by Crippen LogP contribution is 2.28. The van der Waals surface area contributed by atoms with Crippen molar-refractivity contribution in [1.82, 2.24) is 10.2 Å². The summed E-state index contributed by atoms with van der Waals surface area (Å²) in [7, 11) is -2.93. The Labute approximate surface area is 160 Å². The van der Waals surface area contributed by atoms with E-state index in [-0.39, 0.29) is 5.56 Å². The zero-order valence-electron chi connectivity index (χ0n) is 15.8. The van der Waals surface area contributed by atoms with Crippen LogP contribution in [0.2, 0.25) is 0 Å². The number of carbonyl (C=O) groups excluding carboxylic acids is 2. The fraction of sp³-hybridized carbons (Fsp3) is 0.500. The summed E-state index contributed by atoms with van der Waals surface area (Å²) in [6.07, 6.45) is -0.882. The smallest absolute Gasteiger partial charge is 0.444 e. The molecule has 1 atom stereocenters. The fourth-order valence-electron chi connectivity index (χ4n) is 1.86. The molecule has 0 aliphatic rings. The number of hydrogen-bond acceptors (Lipinski definition) is 6. The minimum atomic E-state index is -5.82. The summed E-state index contributed by atoms with van der Waals surface area (Å²) in [6, 6.07) is 2.98. The van der Waals surface area contributed by atoms with Crippen LogP contribution in [-0.4, -0.2) is 50.5 Å². The van der Waals surface area contributed by atoms with Crippen LogP contribution in [0.5, 0.6) is 5.75 Å². The van der Waals surface area contributed by atoms with Crippen molar-refractivity contribution in [2.75, 3.05) is 14.1 Å². The molecule has 0 saturated heterocycles. The maximum Gasteiger partial charge on any atom is 0.534 e. The lowest BCUT2D eigenvalue weighted by atomic mass is 10.1. The number of hydrogen-bond donors (Lipinski definition) is 1. The first-order valence-corrected chi connectivity index (χ1v) is 9.26. The summed E-state index contributed by atoms with van der Waals surface area (Å²) in [4.78, 5) is 25.6. The Morgan fingerprint density at radius 3 is 1.96 bits per heavy atom. The van der Waals surface area contributed by atoms with Crippen molar-refractivity contribution < 1.29 is 40.1 Å². The van der Waals surface area contributed by atoms with E-state index in [2.05, 4.69) is 9.50 Å². The Hall–Kier alpha value is -2.50. The third-order valence-corrected chi connectivity index (χ3v) is 4.03. The zero-order valence-corrected chi connectivity index (χ0v) is 16.6. The number of amides is 2. The largest absolute Gasteiger partial charge is 0.534 e. The normalized spacial score (nSPS) is 13.4. The first-order valence-electron chi connectivity index (χ1n) is 7.85. The minimum absolute atomic E-state index is 0.182. The van der Waals surface area contributed by atoms with Crippen LogP contribution >= 0.6 is 0 Å². The standard InChI is InChI=1S/C16H21F3N2O6S/c1-15(2,3)26-14(23)20-12(13(22)21(4)5)10-6-8-11(9-7-10)27-28(24,25)16(17,18)19/h6-9,12H,1-5H3,(H,20,23)/t12-/m1/s1. The van der Waals surface area contributed by atoms with Crippen molar-refractivity contribution in [3.8, 4) is 5.75 Å². The lowest BCUT2D eigenvalue weighted by Gasteiger charge is -2.25. The maximum absolute atomic E-state index is 12.4. The SMILES string of the molecule is CN(C)C(=O)[C@H](NC(=O)OC(C)(C)C)c1ccc(OS(=O)(=O)C(F)(F)F)cc1. The molecule has 0 radical (unpaired) electrons. The van der Waals surface area contributed by atoms with Gasteiger partial charge in [0.05, 0.1) is 0 Å². The first kappa shape index (κ1) is 23.5. The van der Waals surface area contributed by atoms with Crippen LogP contribution in [0.4, 0.5) is 18.0 Å². The number of ether oxygens (including phenoxy) is 1. The van der Waals surface area contributed by atoms with Crippen LogP contribution in [-0.2, 0) is 19.6 Å². The zero-order chi connectivity index (χ0) is 21.9. The van der Waals surface area contributed by atoms with Gasteiger partial charge in [-0.25, -0.2) is 4.79 Å². The van der Waals surface area contributed by atoms with Gasteiger partial charge in [0.2, 0.25) is 5.91 Å². The van der Waals surface area contributed by atoms with Gasteiger partial charge < -0.3 is 19.1 Å². The van der Waals surface area contributed by atoms with E-state index in [1.165, 1.54) is 19.0 Å². The lowest BCUT2D eigenvalue weighted by molar-refractivity contribution is -0.131. The third-order valence-electron chi connectivity index (χ3n) is 3.05. The van der Waals surface area contributed by atoms with Gasteiger partial charge in [0, 0.05) is 14.1 Å². The van der Waals surface area contributed by atoms with E-state index in [1.54, 1.807) is 20.8 Å². The minimum Gasteiger partial charge on any atom is -0.444 e. The number of nitrogens with zero attached hydrogens (tertiary/aromatic N) is 1. The molecular weight excluding hydrogens is 405 g/mol. The first-order chi connectivity index (χ1) is 12.5. The van der Waals surface area contributed by atoms with Crippen LogP contribution in [0.3, 0.4) is 0 Å². The van der Waals surface area contributed by atoms with Crippen molar-refractivity contribution in [2.24, 2.45) is 0 Å². The molecule has 1 N–H and O–H groups in total. The van der Waals surface area contributed by atoms with Gasteiger partial charge in [0.25, 0.3) is 0 Å². The van der Waals surface area contributed by atoms with Crippen LogP contribution in [0.25, 0.3) is 0 Å². The third kappa shape index (κ3) is 6.59. The number of nitrogens with one attached hydrogen (secondary N) is 1. The molecule has 1 aromatic rings. The Morgan fingerprint density at radius 2 is 1.57 bits per heavy atom. The molecule has 0 saturated carbocycles. The van der Waals surface area contributed by atoms with Gasteiger partial charge >= 0.3 is 21.7 Å². The van der Waals surface area contributed by atoms with Gasteiger partial charge in [0.1, 0.15) is 17.4 Å². The number of likely N-dealkylation sites (N-methyl/N-ethyl adjacent to an activating group) is 1. The maximum atomic E-state index is 12.4. The highest BCUT2D eigenvalue weighted by atomic mass is 32.2. The van der Waals surface area contributed by atoms with Gasteiger partial charge in [-0.2, -0.15) is 21.6 Å². The Balaban J connectivity index is 3.09. The second-order valence-corrected chi connectivity index (χ2v) is 8.40. The Morgan fingerprint density at radius 1 is 1.07 bits per heavy atom. The molecule has 0 spiro atoms. The van der Waals surface area contributed by atoms with Crippen LogP contribution < -0.4 is 9.50 Å². The van der Waals surface area contributed by atoms with Gasteiger partial charge in [-0.15, -0.1) is 0 Å². The topological polar surface area (TPSA) is 102 Å². The van der Waals surface area contributed by atoms with Gasteiger partial charge in [-0.3, -0.25) is 4.79 Å². The van der Waals surface area contributed by atoms with Gasteiger partial charge in [-0.05, 0) is 38.5 Å². The van der Waals surface area contributed by atoms with Crippen LogP contribution in [0.1, 0.15) is 32.4 Å². The molecule has 0 aliphatic heterocycles. The molecule has 158 valence electrons. The number of rotatable bonds is 5. The van der Waals surface area contributed by atoms with Crippen molar-refractivity contribution >= 4 is 22.1 Å². The number of alkyl halides is 3. The summed E-state index contributed by atoms with van der Waals surface area (Å²) < 4.78 is 68.3. The molecule has 1 aromatic carbocycles. The molecule has 28 heavy (non-hydrogen) atoms. The lowest BCUT2D eigenvalue weighted by Crippen LogP contribution is -2.42. The molecular formula is C16H21F3N2O6S. The van der Waals surface area contributed by atoms with Crippen LogP contribution in [0, 0.1) is 0 Å². The second kappa shape index (κ2) is 8.25. The van der Waals surface area contributed by atoms with Gasteiger partial charge in [0.15, 0.2) is 0 Å². The average molecular weight is 426 g/mol. The predicted octanol–water partition coefficient (Wildman–Crippen LogP) is 2.57. The molecule has 0 bridgehead atoms. The van der Waals surface area contributed by atoms with Crippen molar-refractivity contribution in [3.63, 3.8) is 0 Å². The van der Waals surface area contributed by atoms with E-state index in [0.717, 1.165) is 24.3 Å². The molecule has 0 unspecified atom stereocenters. The van der Waals surface area contributed by atoms with Gasteiger partial charge in [-0.1, -0.05) is 12.1 Å². The molecule has 1 rings (SSSR count). The van der Waals surface area contributed by atoms with E-state index < -0.39 is 45.0 Å². The van der Waals surface area contributed by atoms with E-state index in [9.17, 15) is 31.2 Å². The Kier molecular flexibility index (Phi) is 6.93.